The van der Waals surface area contributed by atoms with Crippen LogP contribution >= 0.6 is 35.0 Å². The lowest BCUT2D eigenvalue weighted by atomic mass is 10.1. The highest BCUT2D eigenvalue weighted by Crippen LogP contribution is 2.29. The number of carbonyl (C=O) groups is 2. The van der Waals surface area contributed by atoms with E-state index in [9.17, 15) is 18.0 Å². The standard InChI is InChI=1S/C30H35Cl2N3O5S2/c1-6-40-23-12-10-22(11-13-23)35(42(38,39)25-16-14-24(41-5)15-17-25)19-29(36)34(21(4)30(37)33-20(2)3)18-26-27(31)8-7-9-28(26)32/h7-17,20-21H,6,18-19H2,1-5H3,(H,33,37). The van der Waals surface area contributed by atoms with E-state index in [2.05, 4.69) is 5.32 Å². The summed E-state index contributed by atoms with van der Waals surface area (Å²) in [5.74, 6) is -0.455. The number of benzene rings is 3. The fraction of sp³-hybridized carbons (Fsp3) is 0.333. The van der Waals surface area contributed by atoms with Crippen LogP contribution in [0.5, 0.6) is 5.75 Å². The van der Waals surface area contributed by atoms with E-state index >= 15 is 0 Å². The predicted molar refractivity (Wildman–Crippen MR) is 170 cm³/mol. The second kappa shape index (κ2) is 15.0. The van der Waals surface area contributed by atoms with Crippen LogP contribution in [-0.2, 0) is 26.2 Å². The van der Waals surface area contributed by atoms with E-state index < -0.39 is 34.4 Å². The molecule has 2 amide bonds. The van der Waals surface area contributed by atoms with Crippen molar-refractivity contribution in [1.82, 2.24) is 10.2 Å². The number of halogens is 2. The average molecular weight is 653 g/mol. The van der Waals surface area contributed by atoms with Gasteiger partial charge in [-0.1, -0.05) is 29.3 Å². The van der Waals surface area contributed by atoms with E-state index in [1.807, 2.05) is 27.0 Å². The smallest absolute Gasteiger partial charge is 0.264 e. The molecule has 0 radical (unpaired) electrons. The highest BCUT2D eigenvalue weighted by atomic mass is 35.5. The number of ether oxygens (including phenoxy) is 1. The van der Waals surface area contributed by atoms with Crippen molar-refractivity contribution in [3.63, 3.8) is 0 Å². The maximum absolute atomic E-state index is 14.1. The number of nitrogens with one attached hydrogen (secondary N) is 1. The Morgan fingerprint density at radius 3 is 2.07 bits per heavy atom. The number of hydrogen-bond acceptors (Lipinski definition) is 6. The first-order valence-corrected chi connectivity index (χ1v) is 16.7. The number of anilines is 1. The number of carbonyl (C=O) groups excluding carboxylic acids is 2. The number of nitrogens with zero attached hydrogens (tertiary/aromatic N) is 2. The number of rotatable bonds is 13. The van der Waals surface area contributed by atoms with Crippen LogP contribution in [-0.4, -0.2) is 56.6 Å². The molecule has 3 aromatic carbocycles. The molecule has 42 heavy (non-hydrogen) atoms. The van der Waals surface area contributed by atoms with Gasteiger partial charge in [0.2, 0.25) is 11.8 Å². The van der Waals surface area contributed by atoms with Crippen molar-refractivity contribution >= 4 is 62.5 Å². The SMILES string of the molecule is CCOc1ccc(N(CC(=O)N(Cc2c(Cl)cccc2Cl)C(C)C(=O)NC(C)C)S(=O)(=O)c2ccc(SC)cc2)cc1. The monoisotopic (exact) mass is 651 g/mol. The highest BCUT2D eigenvalue weighted by molar-refractivity contribution is 7.98. The fourth-order valence-corrected chi connectivity index (χ4v) is 6.46. The van der Waals surface area contributed by atoms with Gasteiger partial charge < -0.3 is 15.0 Å². The van der Waals surface area contributed by atoms with Crippen LogP contribution in [0.4, 0.5) is 5.69 Å². The van der Waals surface area contributed by atoms with Crippen LogP contribution in [0.2, 0.25) is 10.0 Å². The van der Waals surface area contributed by atoms with Gasteiger partial charge >= 0.3 is 0 Å². The Bertz CT molecular complexity index is 1460. The molecule has 0 aliphatic heterocycles. The minimum Gasteiger partial charge on any atom is -0.494 e. The van der Waals surface area contributed by atoms with E-state index in [0.717, 1.165) is 9.20 Å². The van der Waals surface area contributed by atoms with Crippen molar-refractivity contribution in [2.75, 3.05) is 23.7 Å². The maximum atomic E-state index is 14.1. The molecule has 0 aromatic heterocycles. The molecule has 0 saturated heterocycles. The Morgan fingerprint density at radius 2 is 1.55 bits per heavy atom. The van der Waals surface area contributed by atoms with E-state index in [-0.39, 0.29) is 23.2 Å². The Labute approximate surface area is 262 Å². The molecule has 3 aromatic rings. The van der Waals surface area contributed by atoms with Gasteiger partial charge in [0.25, 0.3) is 10.0 Å². The van der Waals surface area contributed by atoms with Crippen LogP contribution in [0.3, 0.4) is 0 Å². The molecule has 0 bridgehead atoms. The van der Waals surface area contributed by atoms with Crippen LogP contribution < -0.4 is 14.4 Å². The number of hydrogen-bond donors (Lipinski definition) is 1. The Kier molecular flexibility index (Phi) is 12.0. The first kappa shape index (κ1) is 33.6. The van der Waals surface area contributed by atoms with Gasteiger partial charge in [0.1, 0.15) is 18.3 Å². The molecule has 1 atom stereocenters. The van der Waals surface area contributed by atoms with Crippen molar-refractivity contribution < 1.29 is 22.7 Å². The summed E-state index contributed by atoms with van der Waals surface area (Å²) in [6.45, 7) is 6.80. The summed E-state index contributed by atoms with van der Waals surface area (Å²) in [5, 5.41) is 3.46. The molecule has 0 spiro atoms. The summed E-state index contributed by atoms with van der Waals surface area (Å²) in [6, 6.07) is 16.7. The van der Waals surface area contributed by atoms with Gasteiger partial charge in [0.05, 0.1) is 17.2 Å². The third-order valence-electron chi connectivity index (χ3n) is 6.35. The molecule has 0 aliphatic carbocycles. The van der Waals surface area contributed by atoms with Crippen LogP contribution in [0, 0.1) is 0 Å². The van der Waals surface area contributed by atoms with Crippen LogP contribution in [0.25, 0.3) is 0 Å². The molecule has 226 valence electrons. The van der Waals surface area contributed by atoms with E-state index in [4.69, 9.17) is 27.9 Å². The maximum Gasteiger partial charge on any atom is 0.264 e. The van der Waals surface area contributed by atoms with E-state index in [1.54, 1.807) is 61.5 Å². The lowest BCUT2D eigenvalue weighted by Crippen LogP contribution is -2.52. The quantitative estimate of drug-likeness (QED) is 0.220. The normalized spacial score (nSPS) is 12.1. The summed E-state index contributed by atoms with van der Waals surface area (Å²) >= 11 is 14.3. The summed E-state index contributed by atoms with van der Waals surface area (Å²) in [7, 11) is -4.20. The molecular formula is C30H35Cl2N3O5S2. The van der Waals surface area contributed by atoms with Gasteiger partial charge in [-0.05, 0) is 94.6 Å². The zero-order valence-corrected chi connectivity index (χ0v) is 27.3. The van der Waals surface area contributed by atoms with E-state index in [1.165, 1.54) is 28.8 Å². The van der Waals surface area contributed by atoms with Gasteiger partial charge in [-0.2, -0.15) is 0 Å². The van der Waals surface area contributed by atoms with Crippen molar-refractivity contribution in [3.8, 4) is 5.75 Å². The molecule has 0 aliphatic rings. The Morgan fingerprint density at radius 1 is 0.952 bits per heavy atom. The molecule has 1 unspecified atom stereocenters. The predicted octanol–water partition coefficient (Wildman–Crippen LogP) is 6.25. The lowest BCUT2D eigenvalue weighted by Gasteiger charge is -2.32. The molecule has 1 N–H and O–H groups in total. The summed E-state index contributed by atoms with van der Waals surface area (Å²) in [5.41, 5.74) is 0.706. The molecule has 12 heteroatoms. The topological polar surface area (TPSA) is 96.0 Å². The zero-order valence-electron chi connectivity index (χ0n) is 24.1. The molecule has 0 heterocycles. The van der Waals surface area contributed by atoms with Crippen molar-refractivity contribution in [1.29, 1.82) is 0 Å². The van der Waals surface area contributed by atoms with Crippen LogP contribution in [0.1, 0.15) is 33.3 Å². The highest BCUT2D eigenvalue weighted by Gasteiger charge is 2.33. The second-order valence-corrected chi connectivity index (χ2v) is 13.2. The molecule has 8 nitrogen and oxygen atoms in total. The zero-order chi connectivity index (χ0) is 31.0. The lowest BCUT2D eigenvalue weighted by molar-refractivity contribution is -0.139. The van der Waals surface area contributed by atoms with Gasteiger partial charge in [-0.25, -0.2) is 8.42 Å². The first-order chi connectivity index (χ1) is 19.9. The Balaban J connectivity index is 2.07. The average Bonchev–Trinajstić information content (AvgIpc) is 2.95. The minimum atomic E-state index is -4.20. The summed E-state index contributed by atoms with van der Waals surface area (Å²) in [6.07, 6.45) is 1.89. The van der Waals surface area contributed by atoms with Gasteiger partial charge in [0.15, 0.2) is 0 Å². The fourth-order valence-electron chi connectivity index (χ4n) is 4.12. The molecular weight excluding hydrogens is 617 g/mol. The summed E-state index contributed by atoms with van der Waals surface area (Å²) in [4.78, 5) is 29.3. The third-order valence-corrected chi connectivity index (χ3v) is 9.59. The van der Waals surface area contributed by atoms with Crippen molar-refractivity contribution in [2.24, 2.45) is 0 Å². The van der Waals surface area contributed by atoms with Gasteiger partial charge in [-0.15, -0.1) is 11.8 Å². The number of amides is 2. The minimum absolute atomic E-state index is 0.0216. The van der Waals surface area contributed by atoms with Gasteiger partial charge in [-0.3, -0.25) is 13.9 Å². The van der Waals surface area contributed by atoms with E-state index in [0.29, 0.717) is 28.0 Å². The molecule has 3 rings (SSSR count). The largest absolute Gasteiger partial charge is 0.494 e. The molecule has 0 saturated carbocycles. The molecule has 0 fully saturated rings. The van der Waals surface area contributed by atoms with Gasteiger partial charge in [0, 0.05) is 33.1 Å². The number of sulfonamides is 1. The number of thioether (sulfide) groups is 1. The summed E-state index contributed by atoms with van der Waals surface area (Å²) < 4.78 is 34.6. The Hall–Kier alpha value is -2.92. The van der Waals surface area contributed by atoms with Crippen LogP contribution in [0.15, 0.2) is 76.5 Å². The second-order valence-electron chi connectivity index (χ2n) is 9.68. The van der Waals surface area contributed by atoms with Crippen molar-refractivity contribution in [3.05, 3.63) is 82.3 Å². The first-order valence-electron chi connectivity index (χ1n) is 13.3. The third kappa shape index (κ3) is 8.34. The van der Waals surface area contributed by atoms with Crippen molar-refractivity contribution in [2.45, 2.75) is 56.1 Å².